The average Bonchev–Trinajstić information content (AvgIpc) is 2.76. The Bertz CT molecular complexity index is 1160. The van der Waals surface area contributed by atoms with E-state index in [0.717, 1.165) is 27.8 Å². The maximum atomic E-state index is 12.6. The summed E-state index contributed by atoms with van der Waals surface area (Å²) in [6, 6.07) is 10.2. The SMILES string of the molecule is C.CC.Cc1ccn(CC(=O)NC(CC(=O)O)c2cncc(-c3c(C)cccc3C)c2)c(=O)c1. The van der Waals surface area contributed by atoms with Crippen LogP contribution in [-0.2, 0) is 16.1 Å². The number of carbonyl (C=O) groups excluding carboxylic acids is 1. The monoisotopic (exact) mass is 465 g/mol. The second kappa shape index (κ2) is 13.1. The van der Waals surface area contributed by atoms with Gasteiger partial charge in [-0.2, -0.15) is 0 Å². The molecule has 2 heterocycles. The molecule has 3 rings (SSSR count). The Morgan fingerprint density at radius 2 is 1.71 bits per heavy atom. The molecule has 34 heavy (non-hydrogen) atoms. The number of amides is 1. The van der Waals surface area contributed by atoms with Crippen LogP contribution in [0.4, 0.5) is 0 Å². The molecule has 0 aliphatic carbocycles. The van der Waals surface area contributed by atoms with Gasteiger partial charge in [-0.15, -0.1) is 0 Å². The van der Waals surface area contributed by atoms with Crippen molar-refractivity contribution >= 4 is 11.9 Å². The van der Waals surface area contributed by atoms with E-state index in [1.54, 1.807) is 31.6 Å². The highest BCUT2D eigenvalue weighted by Gasteiger charge is 2.20. The fraction of sp³-hybridized carbons (Fsp3) is 0.333. The quantitative estimate of drug-likeness (QED) is 0.520. The van der Waals surface area contributed by atoms with E-state index in [-0.39, 0.29) is 26.0 Å². The van der Waals surface area contributed by atoms with E-state index < -0.39 is 17.9 Å². The van der Waals surface area contributed by atoms with Crippen LogP contribution < -0.4 is 10.9 Å². The van der Waals surface area contributed by atoms with Gasteiger partial charge >= 0.3 is 5.97 Å². The standard InChI is InChI=1S/C24H25N3O4.C2H6.CH4/c1-15-7-8-27(22(29)9-15)14-21(28)26-20(11-23(30)31)18-10-19(13-25-12-18)24-16(2)5-4-6-17(24)3;1-2;/h4-10,12-13,20H,11,14H2,1-3H3,(H,26,28)(H,30,31);1-2H3;1H4. The lowest BCUT2D eigenvalue weighted by molar-refractivity contribution is -0.137. The molecule has 7 nitrogen and oxygen atoms in total. The number of nitrogens with one attached hydrogen (secondary N) is 1. The summed E-state index contributed by atoms with van der Waals surface area (Å²) in [4.78, 5) is 40.4. The van der Waals surface area contributed by atoms with Gasteiger partial charge in [0.1, 0.15) is 6.54 Å². The third-order valence-corrected chi connectivity index (χ3v) is 5.11. The molecule has 0 spiro atoms. The summed E-state index contributed by atoms with van der Waals surface area (Å²) < 4.78 is 1.28. The second-order valence-corrected chi connectivity index (χ2v) is 7.66. The molecule has 0 radical (unpaired) electrons. The zero-order valence-electron chi connectivity index (χ0n) is 19.8. The number of carboxylic acids is 1. The first kappa shape index (κ1) is 28.3. The minimum Gasteiger partial charge on any atom is -0.481 e. The van der Waals surface area contributed by atoms with Crippen molar-refractivity contribution in [3.8, 4) is 11.1 Å². The second-order valence-electron chi connectivity index (χ2n) is 7.66. The topological polar surface area (TPSA) is 101 Å². The van der Waals surface area contributed by atoms with Crippen LogP contribution in [-0.4, -0.2) is 26.5 Å². The van der Waals surface area contributed by atoms with Crippen LogP contribution in [0, 0.1) is 20.8 Å². The van der Waals surface area contributed by atoms with Gasteiger partial charge in [0.25, 0.3) is 5.56 Å². The molecule has 1 amide bonds. The Kier molecular flexibility index (Phi) is 10.9. The van der Waals surface area contributed by atoms with E-state index >= 15 is 0 Å². The minimum absolute atomic E-state index is 0. The minimum atomic E-state index is -1.05. The number of hydrogen-bond acceptors (Lipinski definition) is 4. The van der Waals surface area contributed by atoms with Crippen LogP contribution in [0.25, 0.3) is 11.1 Å². The van der Waals surface area contributed by atoms with Crippen LogP contribution in [0.1, 0.15) is 56.0 Å². The molecule has 2 N–H and O–H groups in total. The van der Waals surface area contributed by atoms with Gasteiger partial charge in [0.15, 0.2) is 0 Å². The molecule has 3 aromatic rings. The lowest BCUT2D eigenvalue weighted by Crippen LogP contribution is -2.35. The van der Waals surface area contributed by atoms with E-state index in [0.29, 0.717) is 5.56 Å². The van der Waals surface area contributed by atoms with Crippen molar-refractivity contribution in [1.82, 2.24) is 14.9 Å². The summed E-state index contributed by atoms with van der Waals surface area (Å²) in [6.07, 6.45) is 4.53. The predicted molar refractivity (Wildman–Crippen MR) is 136 cm³/mol. The number of aromatic nitrogens is 2. The Morgan fingerprint density at radius 3 is 2.29 bits per heavy atom. The molecule has 0 fully saturated rings. The van der Waals surface area contributed by atoms with Gasteiger partial charge in [0.2, 0.25) is 5.91 Å². The summed E-state index contributed by atoms with van der Waals surface area (Å²) in [6.45, 7) is 9.61. The van der Waals surface area contributed by atoms with Gasteiger partial charge in [0.05, 0.1) is 12.5 Å². The molecule has 1 unspecified atom stereocenters. The number of carboxylic acid groups (broad SMARTS) is 1. The molecule has 0 saturated carbocycles. The lowest BCUT2D eigenvalue weighted by atomic mass is 9.94. The van der Waals surface area contributed by atoms with E-state index in [1.807, 2.05) is 52.0 Å². The number of benzene rings is 1. The zero-order valence-corrected chi connectivity index (χ0v) is 19.8. The summed E-state index contributed by atoms with van der Waals surface area (Å²) in [5.41, 5.74) is 5.15. The van der Waals surface area contributed by atoms with Crippen LogP contribution in [0.15, 0.2) is 59.8 Å². The number of aryl methyl sites for hydroxylation is 3. The Labute approximate surface area is 201 Å². The predicted octanol–water partition coefficient (Wildman–Crippen LogP) is 4.83. The smallest absolute Gasteiger partial charge is 0.305 e. The number of pyridine rings is 2. The molecular formula is C27H35N3O4. The fourth-order valence-electron chi connectivity index (χ4n) is 3.61. The molecule has 1 aromatic carbocycles. The number of aliphatic carboxylic acids is 1. The first-order valence-corrected chi connectivity index (χ1v) is 10.9. The van der Waals surface area contributed by atoms with Crippen molar-refractivity contribution in [1.29, 1.82) is 0 Å². The van der Waals surface area contributed by atoms with Crippen molar-refractivity contribution in [3.05, 3.63) is 87.6 Å². The maximum Gasteiger partial charge on any atom is 0.305 e. The molecular weight excluding hydrogens is 430 g/mol. The van der Waals surface area contributed by atoms with Crippen molar-refractivity contribution in [3.63, 3.8) is 0 Å². The van der Waals surface area contributed by atoms with E-state index in [4.69, 9.17) is 0 Å². The fourth-order valence-corrected chi connectivity index (χ4v) is 3.61. The Morgan fingerprint density at radius 1 is 1.06 bits per heavy atom. The molecule has 2 aromatic heterocycles. The van der Waals surface area contributed by atoms with Crippen molar-refractivity contribution in [2.45, 2.75) is 61.1 Å². The number of hydrogen-bond donors (Lipinski definition) is 2. The van der Waals surface area contributed by atoms with Gasteiger partial charge in [-0.25, -0.2) is 0 Å². The normalized spacial score (nSPS) is 10.9. The third kappa shape index (κ3) is 7.40. The van der Waals surface area contributed by atoms with E-state index in [1.165, 1.54) is 10.6 Å². The van der Waals surface area contributed by atoms with Gasteiger partial charge in [-0.1, -0.05) is 39.5 Å². The highest BCUT2D eigenvalue weighted by Crippen LogP contribution is 2.29. The van der Waals surface area contributed by atoms with Gasteiger partial charge < -0.3 is 15.0 Å². The maximum absolute atomic E-state index is 12.6. The summed E-state index contributed by atoms with van der Waals surface area (Å²) in [5.74, 6) is -1.50. The number of rotatable bonds is 7. The molecule has 7 heteroatoms. The van der Waals surface area contributed by atoms with Gasteiger partial charge in [-0.05, 0) is 60.7 Å². The number of nitrogens with zero attached hydrogens (tertiary/aromatic N) is 2. The largest absolute Gasteiger partial charge is 0.481 e. The third-order valence-electron chi connectivity index (χ3n) is 5.11. The molecule has 0 bridgehead atoms. The summed E-state index contributed by atoms with van der Waals surface area (Å²) in [7, 11) is 0. The molecule has 0 aliphatic rings. The van der Waals surface area contributed by atoms with Gasteiger partial charge in [0, 0.05) is 30.2 Å². The molecule has 0 saturated heterocycles. The highest BCUT2D eigenvalue weighted by atomic mass is 16.4. The Hall–Kier alpha value is -3.74. The van der Waals surface area contributed by atoms with Crippen molar-refractivity contribution in [2.75, 3.05) is 0 Å². The van der Waals surface area contributed by atoms with Gasteiger partial charge in [-0.3, -0.25) is 19.4 Å². The summed E-state index contributed by atoms with van der Waals surface area (Å²) in [5, 5.41) is 12.1. The molecule has 182 valence electrons. The average molecular weight is 466 g/mol. The van der Waals surface area contributed by atoms with Crippen molar-refractivity contribution < 1.29 is 14.7 Å². The Balaban J connectivity index is 0.00000188. The van der Waals surface area contributed by atoms with Crippen LogP contribution in [0.3, 0.4) is 0 Å². The number of carbonyl (C=O) groups is 2. The first-order chi connectivity index (χ1) is 15.7. The van der Waals surface area contributed by atoms with Crippen LogP contribution >= 0.6 is 0 Å². The first-order valence-electron chi connectivity index (χ1n) is 10.9. The van der Waals surface area contributed by atoms with E-state index in [9.17, 15) is 19.5 Å². The molecule has 0 aliphatic heterocycles. The lowest BCUT2D eigenvalue weighted by Gasteiger charge is -2.19. The van der Waals surface area contributed by atoms with Crippen LogP contribution in [0.5, 0.6) is 0 Å². The summed E-state index contributed by atoms with van der Waals surface area (Å²) >= 11 is 0. The van der Waals surface area contributed by atoms with Crippen LogP contribution in [0.2, 0.25) is 0 Å². The van der Waals surface area contributed by atoms with E-state index in [2.05, 4.69) is 10.3 Å². The zero-order chi connectivity index (χ0) is 24.5. The molecule has 1 atom stereocenters. The highest BCUT2D eigenvalue weighted by molar-refractivity contribution is 5.78. The van der Waals surface area contributed by atoms with Crippen molar-refractivity contribution in [2.24, 2.45) is 0 Å².